The van der Waals surface area contributed by atoms with E-state index in [0.29, 0.717) is 19.0 Å². The van der Waals surface area contributed by atoms with Gasteiger partial charge in [-0.25, -0.2) is 9.61 Å². The zero-order chi connectivity index (χ0) is 12.1. The molecule has 2 rings (SSSR count). The second-order valence-corrected chi connectivity index (χ2v) is 3.61. The van der Waals surface area contributed by atoms with E-state index in [9.17, 15) is 0 Å². The number of nitrogens with zero attached hydrogens (tertiary/aromatic N) is 3. The lowest BCUT2D eigenvalue weighted by Crippen LogP contribution is -2.13. The Kier molecular flexibility index (Phi) is 3.66. The first-order valence-electron chi connectivity index (χ1n) is 5.27. The third kappa shape index (κ3) is 3.01. The molecule has 90 valence electrons. The van der Waals surface area contributed by atoms with Crippen molar-refractivity contribution in [1.29, 1.82) is 0 Å². The highest BCUT2D eigenvalue weighted by atomic mass is 16.6. The predicted octanol–water partition coefficient (Wildman–Crippen LogP) is 1.07. The van der Waals surface area contributed by atoms with Crippen molar-refractivity contribution in [1.82, 2.24) is 20.6 Å². The first-order valence-corrected chi connectivity index (χ1v) is 5.27. The maximum Gasteiger partial charge on any atom is 0.212 e. The lowest BCUT2D eigenvalue weighted by molar-refractivity contribution is 0.300. The molecule has 0 atom stereocenters. The zero-order valence-corrected chi connectivity index (χ0v) is 9.80. The van der Waals surface area contributed by atoms with E-state index in [2.05, 4.69) is 25.2 Å². The molecule has 0 spiro atoms. The summed E-state index contributed by atoms with van der Waals surface area (Å²) in [5.74, 6) is 0.616. The largest absolute Gasteiger partial charge is 0.481 e. The molecule has 17 heavy (non-hydrogen) atoms. The Hall–Kier alpha value is -1.95. The summed E-state index contributed by atoms with van der Waals surface area (Å²) in [6, 6.07) is 3.80. The number of aromatic nitrogens is 3. The molecule has 0 bridgehead atoms. The third-order valence-corrected chi connectivity index (χ3v) is 2.37. The summed E-state index contributed by atoms with van der Waals surface area (Å²) in [5, 5.41) is 10.7. The smallest absolute Gasteiger partial charge is 0.212 e. The summed E-state index contributed by atoms with van der Waals surface area (Å²) in [6.45, 7) is 3.20. The van der Waals surface area contributed by atoms with Gasteiger partial charge in [-0.15, -0.1) is 0 Å². The van der Waals surface area contributed by atoms with E-state index in [1.54, 1.807) is 13.3 Å². The van der Waals surface area contributed by atoms with Crippen LogP contribution in [-0.2, 0) is 13.1 Å². The van der Waals surface area contributed by atoms with Crippen molar-refractivity contribution in [3.05, 3.63) is 35.3 Å². The fraction of sp³-hybridized carbons (Fsp3) is 0.364. The van der Waals surface area contributed by atoms with Gasteiger partial charge in [0.1, 0.15) is 11.4 Å². The molecule has 0 saturated carbocycles. The van der Waals surface area contributed by atoms with Crippen molar-refractivity contribution in [2.75, 3.05) is 7.11 Å². The minimum absolute atomic E-state index is 0.616. The number of hydrogen-bond donors (Lipinski definition) is 1. The number of rotatable bonds is 5. The third-order valence-electron chi connectivity index (χ3n) is 2.37. The molecular weight excluding hydrogens is 220 g/mol. The number of methoxy groups -OCH3 is 1. The first kappa shape index (κ1) is 11.5. The van der Waals surface area contributed by atoms with Gasteiger partial charge in [0.05, 0.1) is 7.11 Å². The van der Waals surface area contributed by atoms with Crippen LogP contribution in [0.1, 0.15) is 17.0 Å². The molecular formula is C11H14N4O2. The van der Waals surface area contributed by atoms with Crippen LogP contribution in [0.5, 0.6) is 5.88 Å². The summed E-state index contributed by atoms with van der Waals surface area (Å²) in [6.07, 6.45) is 1.78. The van der Waals surface area contributed by atoms with Gasteiger partial charge < -0.3 is 10.1 Å². The molecule has 6 nitrogen and oxygen atoms in total. The predicted molar refractivity (Wildman–Crippen MR) is 60.4 cm³/mol. The molecule has 0 fully saturated rings. The van der Waals surface area contributed by atoms with E-state index in [1.807, 2.05) is 19.1 Å². The second-order valence-electron chi connectivity index (χ2n) is 3.61. The van der Waals surface area contributed by atoms with Gasteiger partial charge in [-0.3, -0.25) is 0 Å². The highest BCUT2D eigenvalue weighted by molar-refractivity contribution is 5.17. The van der Waals surface area contributed by atoms with Gasteiger partial charge in [-0.1, -0.05) is 16.4 Å². The Morgan fingerprint density at radius 1 is 1.29 bits per heavy atom. The van der Waals surface area contributed by atoms with Crippen LogP contribution in [0, 0.1) is 6.92 Å². The summed E-state index contributed by atoms with van der Waals surface area (Å²) in [4.78, 5) is 4.12. The molecule has 0 unspecified atom stereocenters. The maximum atomic E-state index is 4.99. The van der Waals surface area contributed by atoms with Gasteiger partial charge in [-0.2, -0.15) is 0 Å². The molecule has 2 aromatic rings. The molecule has 0 aliphatic carbocycles. The van der Waals surface area contributed by atoms with Gasteiger partial charge in [0, 0.05) is 25.4 Å². The van der Waals surface area contributed by atoms with E-state index in [0.717, 1.165) is 17.0 Å². The Morgan fingerprint density at radius 3 is 2.76 bits per heavy atom. The van der Waals surface area contributed by atoms with Crippen LogP contribution in [0.15, 0.2) is 23.0 Å². The topological polar surface area (TPSA) is 73.1 Å². The molecule has 2 heterocycles. The van der Waals surface area contributed by atoms with E-state index in [1.165, 1.54) is 0 Å². The minimum atomic E-state index is 0.616. The average Bonchev–Trinajstić information content (AvgIpc) is 2.76. The summed E-state index contributed by atoms with van der Waals surface area (Å²) in [5.41, 5.74) is 2.72. The van der Waals surface area contributed by atoms with Crippen LogP contribution in [0.3, 0.4) is 0 Å². The van der Waals surface area contributed by atoms with Crippen molar-refractivity contribution in [2.45, 2.75) is 20.0 Å². The Labute approximate surface area is 99.0 Å². The zero-order valence-electron chi connectivity index (χ0n) is 9.80. The summed E-state index contributed by atoms with van der Waals surface area (Å²) in [7, 11) is 1.60. The number of ether oxygens (including phenoxy) is 1. The van der Waals surface area contributed by atoms with E-state index < -0.39 is 0 Å². The maximum absolute atomic E-state index is 4.99. The number of pyridine rings is 1. The van der Waals surface area contributed by atoms with Crippen LogP contribution in [0.4, 0.5) is 0 Å². The molecule has 6 heteroatoms. The van der Waals surface area contributed by atoms with Crippen molar-refractivity contribution in [2.24, 2.45) is 0 Å². The highest BCUT2D eigenvalue weighted by Gasteiger charge is 2.03. The van der Waals surface area contributed by atoms with Gasteiger partial charge in [0.15, 0.2) is 0 Å². The second kappa shape index (κ2) is 5.40. The molecule has 1 N–H and O–H groups in total. The molecule has 2 aromatic heterocycles. The molecule has 0 aromatic carbocycles. The fourth-order valence-electron chi connectivity index (χ4n) is 1.37. The molecule has 0 saturated heterocycles. The normalized spacial score (nSPS) is 10.5. The van der Waals surface area contributed by atoms with E-state index in [4.69, 9.17) is 4.74 Å². The van der Waals surface area contributed by atoms with Gasteiger partial charge in [-0.05, 0) is 12.5 Å². The summed E-state index contributed by atoms with van der Waals surface area (Å²) < 4.78 is 9.60. The van der Waals surface area contributed by atoms with Crippen molar-refractivity contribution >= 4 is 0 Å². The highest BCUT2D eigenvalue weighted by Crippen LogP contribution is 2.06. The molecule has 0 radical (unpaired) electrons. The van der Waals surface area contributed by atoms with Crippen LogP contribution in [-0.4, -0.2) is 22.4 Å². The number of nitrogens with one attached hydrogen (secondary N) is 1. The Balaban J connectivity index is 1.83. The van der Waals surface area contributed by atoms with Crippen LogP contribution in [0.2, 0.25) is 0 Å². The van der Waals surface area contributed by atoms with Gasteiger partial charge >= 0.3 is 0 Å². The Morgan fingerprint density at radius 2 is 2.18 bits per heavy atom. The van der Waals surface area contributed by atoms with Crippen LogP contribution < -0.4 is 10.1 Å². The van der Waals surface area contributed by atoms with Crippen molar-refractivity contribution < 1.29 is 9.37 Å². The molecule has 0 amide bonds. The van der Waals surface area contributed by atoms with Crippen molar-refractivity contribution in [3.8, 4) is 5.88 Å². The lowest BCUT2D eigenvalue weighted by atomic mass is 10.2. The van der Waals surface area contributed by atoms with Crippen LogP contribution in [0.25, 0.3) is 0 Å². The van der Waals surface area contributed by atoms with Gasteiger partial charge in [0.25, 0.3) is 0 Å². The SMILES string of the molecule is COc1ccc(CNCc2nonc2C)cn1. The van der Waals surface area contributed by atoms with E-state index >= 15 is 0 Å². The molecule has 0 aliphatic heterocycles. The number of aryl methyl sites for hydroxylation is 1. The average molecular weight is 234 g/mol. The van der Waals surface area contributed by atoms with E-state index in [-0.39, 0.29) is 0 Å². The molecule has 0 aliphatic rings. The minimum Gasteiger partial charge on any atom is -0.481 e. The summed E-state index contributed by atoms with van der Waals surface area (Å²) >= 11 is 0. The lowest BCUT2D eigenvalue weighted by Gasteiger charge is -2.03. The Bertz CT molecular complexity index is 467. The first-order chi connectivity index (χ1) is 8.29. The van der Waals surface area contributed by atoms with Crippen LogP contribution >= 0.6 is 0 Å². The monoisotopic (exact) mass is 234 g/mol. The van der Waals surface area contributed by atoms with Gasteiger partial charge in [0.2, 0.25) is 5.88 Å². The van der Waals surface area contributed by atoms with Crippen molar-refractivity contribution in [3.63, 3.8) is 0 Å². The standard InChI is InChI=1S/C11H14N4O2/c1-8-10(15-17-14-8)7-12-5-9-3-4-11(16-2)13-6-9/h3-4,6,12H,5,7H2,1-2H3. The number of hydrogen-bond acceptors (Lipinski definition) is 6. The fourth-order valence-corrected chi connectivity index (χ4v) is 1.37. The quantitative estimate of drug-likeness (QED) is 0.834.